The molecule has 8 nitrogen and oxygen atoms in total. The Labute approximate surface area is 206 Å². The second kappa shape index (κ2) is 10.3. The van der Waals surface area contributed by atoms with E-state index in [1.54, 1.807) is 30.3 Å². The van der Waals surface area contributed by atoms with Crippen molar-refractivity contribution in [1.29, 1.82) is 0 Å². The van der Waals surface area contributed by atoms with Crippen molar-refractivity contribution in [1.82, 2.24) is 14.9 Å². The zero-order valence-corrected chi connectivity index (χ0v) is 20.9. The Balaban J connectivity index is 1.32. The Morgan fingerprint density at radius 2 is 1.66 bits per heavy atom. The van der Waals surface area contributed by atoms with E-state index in [0.717, 1.165) is 31.2 Å². The lowest BCUT2D eigenvalue weighted by molar-refractivity contribution is 0.0636. The molecule has 2 aromatic rings. The third-order valence-corrected chi connectivity index (χ3v) is 7.93. The molecular weight excluding hydrogens is 466 g/mol. The van der Waals surface area contributed by atoms with E-state index < -0.39 is 10.0 Å². The summed E-state index contributed by atoms with van der Waals surface area (Å²) in [5.41, 5.74) is 1.79. The average molecular weight is 498 g/mol. The number of rotatable bonds is 9. The van der Waals surface area contributed by atoms with Crippen LogP contribution >= 0.6 is 0 Å². The van der Waals surface area contributed by atoms with Gasteiger partial charge in [-0.2, -0.15) is 0 Å². The van der Waals surface area contributed by atoms with Crippen LogP contribution in [-0.2, 0) is 16.4 Å². The lowest BCUT2D eigenvalue weighted by Gasteiger charge is -2.15. The maximum Gasteiger partial charge on any atom is 0.261 e. The van der Waals surface area contributed by atoms with Crippen LogP contribution in [0, 0.1) is 5.92 Å². The molecule has 2 aromatic carbocycles. The molecule has 9 heteroatoms. The van der Waals surface area contributed by atoms with Crippen LogP contribution in [0.25, 0.3) is 0 Å². The van der Waals surface area contributed by atoms with Gasteiger partial charge in [-0.1, -0.05) is 38.8 Å². The highest BCUT2D eigenvalue weighted by Gasteiger charge is 2.36. The van der Waals surface area contributed by atoms with Gasteiger partial charge in [0.05, 0.1) is 16.0 Å². The first-order valence-corrected chi connectivity index (χ1v) is 13.5. The van der Waals surface area contributed by atoms with Crippen LogP contribution in [-0.4, -0.2) is 50.2 Å². The minimum Gasteiger partial charge on any atom is -0.352 e. The van der Waals surface area contributed by atoms with Gasteiger partial charge in [-0.25, -0.2) is 13.1 Å². The van der Waals surface area contributed by atoms with Crippen molar-refractivity contribution in [3.05, 3.63) is 64.7 Å². The number of hydrogen-bond donors (Lipinski definition) is 2. The summed E-state index contributed by atoms with van der Waals surface area (Å²) in [5, 5.41) is 2.82. The SMILES string of the molecule is CC(C)CN1C(=O)c2ccc(C(=O)NCCc3ccc(S(=O)(=O)NC4CCCC4)cc3)cc2C1=O. The summed E-state index contributed by atoms with van der Waals surface area (Å²) in [6.45, 7) is 4.55. The Morgan fingerprint density at radius 1 is 1.00 bits per heavy atom. The molecule has 1 heterocycles. The number of sulfonamides is 1. The summed E-state index contributed by atoms with van der Waals surface area (Å²) < 4.78 is 27.9. The molecule has 35 heavy (non-hydrogen) atoms. The molecule has 0 bridgehead atoms. The second-order valence-corrected chi connectivity index (χ2v) is 11.3. The van der Waals surface area contributed by atoms with Crippen LogP contribution in [0.1, 0.15) is 76.2 Å². The third kappa shape index (κ3) is 5.62. The number of fused-ring (bicyclic) bond motifs is 1. The summed E-state index contributed by atoms with van der Waals surface area (Å²) in [7, 11) is -3.53. The molecule has 1 aliphatic carbocycles. The van der Waals surface area contributed by atoms with Crippen LogP contribution in [0.5, 0.6) is 0 Å². The summed E-state index contributed by atoms with van der Waals surface area (Å²) in [6.07, 6.45) is 4.37. The molecule has 2 aliphatic rings. The number of carbonyl (C=O) groups is 3. The molecule has 0 aromatic heterocycles. The Bertz CT molecular complexity index is 1230. The quantitative estimate of drug-likeness (QED) is 0.517. The molecule has 0 atom stereocenters. The smallest absolute Gasteiger partial charge is 0.261 e. The van der Waals surface area contributed by atoms with Crippen LogP contribution in [0.3, 0.4) is 0 Å². The van der Waals surface area contributed by atoms with Gasteiger partial charge in [0.25, 0.3) is 17.7 Å². The van der Waals surface area contributed by atoms with Gasteiger partial charge >= 0.3 is 0 Å². The van der Waals surface area contributed by atoms with E-state index in [2.05, 4.69) is 10.0 Å². The molecule has 0 unspecified atom stereocenters. The number of benzene rings is 2. The first-order chi connectivity index (χ1) is 16.7. The van der Waals surface area contributed by atoms with Gasteiger partial charge in [-0.3, -0.25) is 19.3 Å². The Kier molecular flexibility index (Phi) is 7.37. The molecule has 0 radical (unpaired) electrons. The predicted octanol–water partition coefficient (Wildman–Crippen LogP) is 3.13. The van der Waals surface area contributed by atoms with Gasteiger partial charge in [-0.15, -0.1) is 0 Å². The number of nitrogens with one attached hydrogen (secondary N) is 2. The molecule has 1 aliphatic heterocycles. The highest BCUT2D eigenvalue weighted by atomic mass is 32.2. The summed E-state index contributed by atoms with van der Waals surface area (Å²) >= 11 is 0. The van der Waals surface area contributed by atoms with Crippen molar-refractivity contribution in [2.24, 2.45) is 5.92 Å². The second-order valence-electron chi connectivity index (χ2n) is 9.63. The molecule has 3 amide bonds. The molecule has 0 saturated heterocycles. The lowest BCUT2D eigenvalue weighted by Crippen LogP contribution is -2.33. The summed E-state index contributed by atoms with van der Waals surface area (Å²) in [4.78, 5) is 39.2. The van der Waals surface area contributed by atoms with E-state index in [4.69, 9.17) is 0 Å². The van der Waals surface area contributed by atoms with Crippen molar-refractivity contribution in [2.45, 2.75) is 56.9 Å². The zero-order chi connectivity index (χ0) is 25.2. The highest BCUT2D eigenvalue weighted by Crippen LogP contribution is 2.25. The highest BCUT2D eigenvalue weighted by molar-refractivity contribution is 7.89. The van der Waals surface area contributed by atoms with E-state index in [1.807, 2.05) is 13.8 Å². The predicted molar refractivity (Wildman–Crippen MR) is 132 cm³/mol. The molecule has 4 rings (SSSR count). The number of amides is 3. The maximum atomic E-state index is 12.6. The fraction of sp³-hybridized carbons (Fsp3) is 0.423. The molecule has 0 spiro atoms. The first-order valence-electron chi connectivity index (χ1n) is 12.1. The van der Waals surface area contributed by atoms with Crippen LogP contribution in [0.4, 0.5) is 0 Å². The van der Waals surface area contributed by atoms with E-state index in [-0.39, 0.29) is 40.1 Å². The van der Waals surface area contributed by atoms with Gasteiger partial charge in [-0.05, 0) is 61.1 Å². The average Bonchev–Trinajstić information content (AvgIpc) is 3.41. The van der Waals surface area contributed by atoms with Crippen molar-refractivity contribution in [3.63, 3.8) is 0 Å². The molecule has 1 fully saturated rings. The van der Waals surface area contributed by atoms with Crippen LogP contribution in [0.15, 0.2) is 47.4 Å². The Morgan fingerprint density at radius 3 is 2.31 bits per heavy atom. The largest absolute Gasteiger partial charge is 0.352 e. The standard InChI is InChI=1S/C26H31N3O5S/c1-17(2)16-29-25(31)22-12-9-19(15-23(22)26(29)32)24(30)27-14-13-18-7-10-21(11-8-18)35(33,34)28-20-5-3-4-6-20/h7-12,15,17,20,28H,3-6,13-14,16H2,1-2H3,(H,27,30). The van der Waals surface area contributed by atoms with Crippen LogP contribution < -0.4 is 10.0 Å². The van der Waals surface area contributed by atoms with Gasteiger partial charge in [0.1, 0.15) is 0 Å². The number of nitrogens with zero attached hydrogens (tertiary/aromatic N) is 1. The van der Waals surface area contributed by atoms with E-state index in [0.29, 0.717) is 30.6 Å². The zero-order valence-electron chi connectivity index (χ0n) is 20.0. The van der Waals surface area contributed by atoms with E-state index in [9.17, 15) is 22.8 Å². The van der Waals surface area contributed by atoms with Crippen molar-refractivity contribution in [2.75, 3.05) is 13.1 Å². The van der Waals surface area contributed by atoms with Gasteiger partial charge in [0, 0.05) is 24.7 Å². The minimum atomic E-state index is -3.53. The number of imide groups is 1. The fourth-order valence-electron chi connectivity index (χ4n) is 4.55. The number of hydrogen-bond acceptors (Lipinski definition) is 5. The minimum absolute atomic E-state index is 0.0146. The van der Waals surface area contributed by atoms with Gasteiger partial charge in [0.15, 0.2) is 0 Å². The summed E-state index contributed by atoms with van der Waals surface area (Å²) in [5.74, 6) is -0.881. The Hall–Kier alpha value is -3.04. The lowest BCUT2D eigenvalue weighted by atomic mass is 10.1. The molecule has 186 valence electrons. The van der Waals surface area contributed by atoms with Gasteiger partial charge < -0.3 is 5.32 Å². The maximum absolute atomic E-state index is 12.6. The van der Waals surface area contributed by atoms with Crippen molar-refractivity contribution < 1.29 is 22.8 Å². The third-order valence-electron chi connectivity index (χ3n) is 6.39. The van der Waals surface area contributed by atoms with Crippen molar-refractivity contribution >= 4 is 27.7 Å². The topological polar surface area (TPSA) is 113 Å². The monoisotopic (exact) mass is 497 g/mol. The first kappa shape index (κ1) is 25.1. The fourth-order valence-corrected chi connectivity index (χ4v) is 5.86. The van der Waals surface area contributed by atoms with E-state index >= 15 is 0 Å². The van der Waals surface area contributed by atoms with E-state index in [1.165, 1.54) is 17.0 Å². The summed E-state index contributed by atoms with van der Waals surface area (Å²) in [6, 6.07) is 11.2. The molecule has 2 N–H and O–H groups in total. The number of carbonyl (C=O) groups excluding carboxylic acids is 3. The normalized spacial score (nSPS) is 16.3. The van der Waals surface area contributed by atoms with Crippen LogP contribution in [0.2, 0.25) is 0 Å². The van der Waals surface area contributed by atoms with Crippen molar-refractivity contribution in [3.8, 4) is 0 Å². The van der Waals surface area contributed by atoms with Gasteiger partial charge in [0.2, 0.25) is 10.0 Å². The molecule has 1 saturated carbocycles. The molecular formula is C26H31N3O5S.